The van der Waals surface area contributed by atoms with Crippen LogP contribution in [0.1, 0.15) is 37.5 Å². The highest BCUT2D eigenvalue weighted by Crippen LogP contribution is 2.40. The molecular formula is C36H33FIN3O4S. The molecule has 1 saturated heterocycles. The Morgan fingerprint density at radius 1 is 0.935 bits per heavy atom. The molecule has 236 valence electrons. The summed E-state index contributed by atoms with van der Waals surface area (Å²) >= 11 is 3.44. The van der Waals surface area contributed by atoms with Gasteiger partial charge in [-0.25, -0.2) is 9.38 Å². The summed E-state index contributed by atoms with van der Waals surface area (Å²) in [6.07, 6.45) is 3.65. The van der Waals surface area contributed by atoms with Crippen LogP contribution in [-0.4, -0.2) is 30.2 Å². The normalized spacial score (nSPS) is 14.6. The molecule has 0 aliphatic carbocycles. The molecule has 0 saturated carbocycles. The van der Waals surface area contributed by atoms with E-state index in [4.69, 9.17) is 14.5 Å². The van der Waals surface area contributed by atoms with Crippen LogP contribution in [0.3, 0.4) is 0 Å². The molecule has 0 aromatic heterocycles. The molecule has 0 radical (unpaired) electrons. The second-order valence-corrected chi connectivity index (χ2v) is 12.5. The van der Waals surface area contributed by atoms with Crippen molar-refractivity contribution in [3.05, 3.63) is 116 Å². The Bertz CT molecular complexity index is 1780. The summed E-state index contributed by atoms with van der Waals surface area (Å²) in [6, 6.07) is 25.1. The third kappa shape index (κ3) is 8.16. The molecule has 4 aromatic rings. The predicted octanol–water partition coefficient (Wildman–Crippen LogP) is 8.78. The Kier molecular flexibility index (Phi) is 11.1. The SMILES string of the molecule is CCOc1cc(/C=C2\SC(=Nc3ccc(CC)cc3)N(c3ccc(CC)cc3)C2=O)cc(I)c1OCC(=O)Nc1ccc(F)cc1. The van der Waals surface area contributed by atoms with Crippen LogP contribution < -0.4 is 19.7 Å². The lowest BCUT2D eigenvalue weighted by Gasteiger charge is -2.16. The highest BCUT2D eigenvalue weighted by Gasteiger charge is 2.35. The highest BCUT2D eigenvalue weighted by atomic mass is 127. The van der Waals surface area contributed by atoms with Gasteiger partial charge in [-0.1, -0.05) is 38.1 Å². The van der Waals surface area contributed by atoms with Crippen LogP contribution in [-0.2, 0) is 22.4 Å². The van der Waals surface area contributed by atoms with Crippen molar-refractivity contribution in [3.8, 4) is 11.5 Å². The molecule has 1 N–H and O–H groups in total. The van der Waals surface area contributed by atoms with Gasteiger partial charge in [0, 0.05) is 5.69 Å². The zero-order valence-corrected chi connectivity index (χ0v) is 28.7. The van der Waals surface area contributed by atoms with Gasteiger partial charge in [0.05, 0.1) is 26.5 Å². The van der Waals surface area contributed by atoms with Crippen molar-refractivity contribution in [3.63, 3.8) is 0 Å². The van der Waals surface area contributed by atoms with Gasteiger partial charge in [0.15, 0.2) is 23.3 Å². The van der Waals surface area contributed by atoms with E-state index < -0.39 is 5.91 Å². The Morgan fingerprint density at radius 2 is 1.59 bits per heavy atom. The first kappa shape index (κ1) is 33.2. The Hall–Kier alpha value is -4.16. The molecule has 1 aliphatic rings. The maximum Gasteiger partial charge on any atom is 0.271 e. The van der Waals surface area contributed by atoms with E-state index in [0.717, 1.165) is 29.8 Å². The lowest BCUT2D eigenvalue weighted by molar-refractivity contribution is -0.118. The van der Waals surface area contributed by atoms with Crippen molar-refractivity contribution >= 4 is 74.5 Å². The minimum absolute atomic E-state index is 0.177. The van der Waals surface area contributed by atoms with E-state index in [2.05, 4.69) is 41.8 Å². The first-order chi connectivity index (χ1) is 22.3. The highest BCUT2D eigenvalue weighted by molar-refractivity contribution is 14.1. The van der Waals surface area contributed by atoms with Gasteiger partial charge >= 0.3 is 0 Å². The average Bonchev–Trinajstić information content (AvgIpc) is 3.35. The summed E-state index contributed by atoms with van der Waals surface area (Å²) in [5.74, 6) is -0.0968. The fourth-order valence-corrected chi connectivity index (χ4v) is 6.45. The lowest BCUT2D eigenvalue weighted by atomic mass is 10.1. The summed E-state index contributed by atoms with van der Waals surface area (Å²) in [6.45, 7) is 6.16. The van der Waals surface area contributed by atoms with E-state index >= 15 is 0 Å². The third-order valence-electron chi connectivity index (χ3n) is 7.08. The topological polar surface area (TPSA) is 80.2 Å². The minimum Gasteiger partial charge on any atom is -0.490 e. The Balaban J connectivity index is 1.42. The molecule has 4 aromatic carbocycles. The van der Waals surface area contributed by atoms with Crippen molar-refractivity contribution in [2.24, 2.45) is 4.99 Å². The van der Waals surface area contributed by atoms with Gasteiger partial charge in [0.25, 0.3) is 11.8 Å². The van der Waals surface area contributed by atoms with Gasteiger partial charge in [0.1, 0.15) is 5.82 Å². The van der Waals surface area contributed by atoms with Crippen molar-refractivity contribution in [2.45, 2.75) is 33.6 Å². The first-order valence-electron chi connectivity index (χ1n) is 14.9. The second kappa shape index (κ2) is 15.4. The molecule has 2 amide bonds. The van der Waals surface area contributed by atoms with E-state index in [-0.39, 0.29) is 18.3 Å². The summed E-state index contributed by atoms with van der Waals surface area (Å²) in [5.41, 5.74) is 5.11. The molecule has 1 heterocycles. The van der Waals surface area contributed by atoms with E-state index in [1.165, 1.54) is 47.2 Å². The number of amides is 2. The van der Waals surface area contributed by atoms with Crippen LogP contribution in [0.15, 0.2) is 94.8 Å². The fourth-order valence-electron chi connectivity index (χ4n) is 4.67. The number of aryl methyl sites for hydroxylation is 2. The number of benzene rings is 4. The number of aliphatic imine (C=N–C) groups is 1. The number of halogens is 2. The van der Waals surface area contributed by atoms with Crippen molar-refractivity contribution in [1.29, 1.82) is 0 Å². The van der Waals surface area contributed by atoms with Crippen LogP contribution in [0.5, 0.6) is 11.5 Å². The predicted molar refractivity (Wildman–Crippen MR) is 193 cm³/mol. The summed E-state index contributed by atoms with van der Waals surface area (Å²) in [7, 11) is 0. The molecule has 5 rings (SSSR count). The molecule has 1 fully saturated rings. The number of rotatable bonds is 11. The standard InChI is InChI=1S/C36H33FIN3O4S/c1-4-23-7-13-28(14-8-23)40-36-41(29-17-9-24(5-2)10-18-29)35(43)32(46-36)21-25-19-30(38)34(31(20-25)44-6-3)45-22-33(42)39-27-15-11-26(37)12-16-27/h7-21H,4-6,22H2,1-3H3,(H,39,42)/b32-21-,40-36?. The lowest BCUT2D eigenvalue weighted by Crippen LogP contribution is -2.28. The van der Waals surface area contributed by atoms with Gasteiger partial charge < -0.3 is 14.8 Å². The van der Waals surface area contributed by atoms with Crippen molar-refractivity contribution < 1.29 is 23.5 Å². The number of carbonyl (C=O) groups excluding carboxylic acids is 2. The maximum atomic E-state index is 13.9. The van der Waals surface area contributed by atoms with Gasteiger partial charge in [-0.2, -0.15) is 0 Å². The average molecular weight is 750 g/mol. The number of hydrogen-bond donors (Lipinski definition) is 1. The molecule has 0 unspecified atom stereocenters. The number of amidine groups is 1. The minimum atomic E-state index is -0.396. The Labute approximate surface area is 286 Å². The summed E-state index contributed by atoms with van der Waals surface area (Å²) < 4.78 is 25.7. The van der Waals surface area contributed by atoms with Crippen molar-refractivity contribution in [2.75, 3.05) is 23.4 Å². The Morgan fingerprint density at radius 3 is 2.22 bits per heavy atom. The molecule has 7 nitrogen and oxygen atoms in total. The largest absolute Gasteiger partial charge is 0.490 e. The zero-order chi connectivity index (χ0) is 32.6. The van der Waals surface area contributed by atoms with Crippen LogP contribution in [0, 0.1) is 9.39 Å². The molecule has 1 aliphatic heterocycles. The first-order valence-corrected chi connectivity index (χ1v) is 16.8. The van der Waals surface area contributed by atoms with Crippen LogP contribution >= 0.6 is 34.4 Å². The van der Waals surface area contributed by atoms with E-state index in [9.17, 15) is 14.0 Å². The number of nitrogens with one attached hydrogen (secondary N) is 1. The monoisotopic (exact) mass is 749 g/mol. The maximum absolute atomic E-state index is 13.9. The number of nitrogens with zero attached hydrogens (tertiary/aromatic N) is 2. The second-order valence-electron chi connectivity index (χ2n) is 10.3. The molecule has 10 heteroatoms. The van der Waals surface area contributed by atoms with Gasteiger partial charge in [-0.15, -0.1) is 0 Å². The van der Waals surface area contributed by atoms with Gasteiger partial charge in [0.2, 0.25) is 0 Å². The van der Waals surface area contributed by atoms with E-state index in [1.807, 2.05) is 67.6 Å². The third-order valence-corrected chi connectivity index (χ3v) is 8.85. The molecule has 0 spiro atoms. The number of ether oxygens (including phenoxy) is 2. The fraction of sp³-hybridized carbons (Fsp3) is 0.194. The number of anilines is 2. The van der Waals surface area contributed by atoms with Crippen LogP contribution in [0.2, 0.25) is 0 Å². The van der Waals surface area contributed by atoms with E-state index in [0.29, 0.717) is 37.4 Å². The quantitative estimate of drug-likeness (QED) is 0.123. The molecule has 0 atom stereocenters. The molecule has 46 heavy (non-hydrogen) atoms. The smallest absolute Gasteiger partial charge is 0.271 e. The van der Waals surface area contributed by atoms with Crippen LogP contribution in [0.25, 0.3) is 6.08 Å². The number of hydrogen-bond acceptors (Lipinski definition) is 6. The number of thioether (sulfide) groups is 1. The van der Waals surface area contributed by atoms with Gasteiger partial charge in [-0.3, -0.25) is 14.5 Å². The van der Waals surface area contributed by atoms with Crippen LogP contribution in [0.4, 0.5) is 21.5 Å². The molecule has 0 bridgehead atoms. The van der Waals surface area contributed by atoms with Gasteiger partial charge in [-0.05, 0) is 138 Å². The number of carbonyl (C=O) groups is 2. The summed E-state index contributed by atoms with van der Waals surface area (Å²) in [4.78, 5) is 33.5. The van der Waals surface area contributed by atoms with E-state index in [1.54, 1.807) is 11.0 Å². The van der Waals surface area contributed by atoms with Crippen molar-refractivity contribution in [1.82, 2.24) is 0 Å². The zero-order valence-electron chi connectivity index (χ0n) is 25.7. The summed E-state index contributed by atoms with van der Waals surface area (Å²) in [5, 5.41) is 3.25. The molecular weight excluding hydrogens is 716 g/mol.